The normalized spacial score (nSPS) is 24.4. The molecule has 2 aliphatic rings. The number of anilines is 1. The van der Waals surface area contributed by atoms with E-state index in [2.05, 4.69) is 4.90 Å². The number of hydrogen-bond acceptors (Lipinski definition) is 6. The van der Waals surface area contributed by atoms with Crippen molar-refractivity contribution in [3.8, 4) is 0 Å². The largest absolute Gasteiger partial charge is 0.371 e. The molecule has 2 aliphatic heterocycles. The fraction of sp³-hybridized carbons (Fsp3) is 0.562. The lowest BCUT2D eigenvalue weighted by Gasteiger charge is -2.25. The molecule has 0 aliphatic carbocycles. The molecule has 25 heavy (non-hydrogen) atoms. The van der Waals surface area contributed by atoms with Crippen LogP contribution in [0.25, 0.3) is 0 Å². The summed E-state index contributed by atoms with van der Waals surface area (Å²) in [7, 11) is -3.69. The highest BCUT2D eigenvalue weighted by atomic mass is 35.5. The summed E-state index contributed by atoms with van der Waals surface area (Å²) in [6.45, 7) is 2.71. The Balaban J connectivity index is 1.61. The van der Waals surface area contributed by atoms with E-state index in [-0.39, 0.29) is 12.3 Å². The number of likely N-dealkylation sites (tertiary alicyclic amines) is 1. The summed E-state index contributed by atoms with van der Waals surface area (Å²) in [6, 6.07) is 7.70. The number of fused-ring (bicyclic) bond motifs is 1. The van der Waals surface area contributed by atoms with E-state index in [1.807, 2.05) is 24.3 Å². The number of hydrogen-bond donors (Lipinski definition) is 2. The third kappa shape index (κ3) is 3.76. The van der Waals surface area contributed by atoms with Gasteiger partial charge in [0.15, 0.2) is 15.2 Å². The lowest BCUT2D eigenvalue weighted by molar-refractivity contribution is -0.129. The predicted molar refractivity (Wildman–Crippen MR) is 98.0 cm³/mol. The van der Waals surface area contributed by atoms with Gasteiger partial charge in [-0.3, -0.25) is 4.79 Å². The molecule has 7 nitrogen and oxygen atoms in total. The van der Waals surface area contributed by atoms with Crippen LogP contribution in [0.5, 0.6) is 0 Å². The predicted octanol–water partition coefficient (Wildman–Crippen LogP) is -0.107. The third-order valence-corrected chi connectivity index (χ3v) is 7.05. The number of nitrogens with two attached hydrogens (primary N) is 2. The van der Waals surface area contributed by atoms with Gasteiger partial charge in [0.2, 0.25) is 0 Å². The fourth-order valence-corrected chi connectivity index (χ4v) is 4.83. The summed E-state index contributed by atoms with van der Waals surface area (Å²) < 4.78 is 23.9. The average molecular weight is 387 g/mol. The molecule has 1 unspecified atom stereocenters. The van der Waals surface area contributed by atoms with Gasteiger partial charge >= 0.3 is 0 Å². The van der Waals surface area contributed by atoms with Crippen LogP contribution >= 0.6 is 11.6 Å². The van der Waals surface area contributed by atoms with Crippen molar-refractivity contribution in [1.29, 1.82) is 0 Å². The summed E-state index contributed by atoms with van der Waals surface area (Å²) in [5.74, 6) is -0.140. The molecule has 4 N–H and O–H groups in total. The minimum absolute atomic E-state index is 0.0371. The zero-order valence-electron chi connectivity index (χ0n) is 13.8. The molecule has 0 radical (unpaired) electrons. The molecule has 0 saturated carbocycles. The first-order valence-corrected chi connectivity index (χ1v) is 10.4. The molecule has 138 valence electrons. The number of nitrogens with zero attached hydrogens (tertiary/aromatic N) is 2. The third-order valence-electron chi connectivity index (χ3n) is 5.02. The van der Waals surface area contributed by atoms with Crippen molar-refractivity contribution < 1.29 is 13.2 Å². The molecule has 1 aromatic rings. The van der Waals surface area contributed by atoms with Crippen LogP contribution in [0.2, 0.25) is 5.02 Å². The molecule has 3 atom stereocenters. The van der Waals surface area contributed by atoms with Gasteiger partial charge in [-0.15, -0.1) is 0 Å². The second kappa shape index (κ2) is 7.11. The van der Waals surface area contributed by atoms with Crippen molar-refractivity contribution in [3.05, 3.63) is 29.3 Å². The first-order valence-electron chi connectivity index (χ1n) is 8.28. The Morgan fingerprint density at radius 2 is 1.72 bits per heavy atom. The highest BCUT2D eigenvalue weighted by Gasteiger charge is 2.44. The van der Waals surface area contributed by atoms with Crippen molar-refractivity contribution >= 4 is 33.0 Å². The zero-order valence-corrected chi connectivity index (χ0v) is 15.4. The molecule has 0 spiro atoms. The van der Waals surface area contributed by atoms with Crippen molar-refractivity contribution in [2.24, 2.45) is 23.3 Å². The van der Waals surface area contributed by atoms with Crippen molar-refractivity contribution in [2.45, 2.75) is 5.37 Å². The molecule has 3 rings (SSSR count). The molecular weight excluding hydrogens is 364 g/mol. The number of sulfone groups is 1. The zero-order chi connectivity index (χ0) is 18.2. The number of carbonyl (C=O) groups excluding carboxylic acids is 1. The van der Waals surface area contributed by atoms with E-state index in [1.165, 1.54) is 0 Å². The first kappa shape index (κ1) is 18.4. The van der Waals surface area contributed by atoms with Crippen LogP contribution in [0.4, 0.5) is 5.69 Å². The number of carbonyl (C=O) groups is 1. The Labute approximate surface area is 152 Å². The standard InChI is InChI=1S/C16H23ClN4O3S/c17-13-1-3-14(4-2-13)20-7-11-9-21(10-12(11)8-20)16(22)15(19)25(23,24)6-5-18/h1-4,11-12,15H,5-10,18-19H2/t11-,12+,15?. The lowest BCUT2D eigenvalue weighted by Crippen LogP contribution is -2.49. The highest BCUT2D eigenvalue weighted by Crippen LogP contribution is 2.34. The second-order valence-corrected chi connectivity index (χ2v) is 9.40. The van der Waals surface area contributed by atoms with E-state index in [4.69, 9.17) is 23.1 Å². The van der Waals surface area contributed by atoms with Crippen molar-refractivity contribution in [3.63, 3.8) is 0 Å². The van der Waals surface area contributed by atoms with Crippen LogP contribution in [0.3, 0.4) is 0 Å². The van der Waals surface area contributed by atoms with Crippen LogP contribution in [0.1, 0.15) is 0 Å². The van der Waals surface area contributed by atoms with Gasteiger partial charge in [-0.25, -0.2) is 8.42 Å². The molecule has 9 heteroatoms. The molecule has 1 amide bonds. The summed E-state index contributed by atoms with van der Waals surface area (Å²) in [5, 5.41) is -0.810. The topological polar surface area (TPSA) is 110 Å². The molecule has 0 bridgehead atoms. The SMILES string of the molecule is NCCS(=O)(=O)C(N)C(=O)N1C[C@@H]2CN(c3ccc(Cl)cc3)C[C@@H]2C1. The highest BCUT2D eigenvalue weighted by molar-refractivity contribution is 7.92. The van der Waals surface area contributed by atoms with E-state index in [1.54, 1.807) is 4.90 Å². The molecule has 2 saturated heterocycles. The van der Waals surface area contributed by atoms with Crippen LogP contribution < -0.4 is 16.4 Å². The minimum Gasteiger partial charge on any atom is -0.371 e. The maximum Gasteiger partial charge on any atom is 0.255 e. The number of amides is 1. The molecule has 0 aromatic heterocycles. The van der Waals surface area contributed by atoms with Crippen molar-refractivity contribution in [2.75, 3.05) is 43.4 Å². The molecule has 1 aromatic carbocycles. The second-order valence-electron chi connectivity index (χ2n) is 6.72. The Hall–Kier alpha value is -1.35. The van der Waals surface area contributed by atoms with Crippen LogP contribution in [0.15, 0.2) is 24.3 Å². The van der Waals surface area contributed by atoms with E-state index in [0.717, 1.165) is 18.8 Å². The van der Waals surface area contributed by atoms with Gasteiger partial charge in [0, 0.05) is 55.3 Å². The van der Waals surface area contributed by atoms with E-state index >= 15 is 0 Å². The fourth-order valence-electron chi connectivity index (χ4n) is 3.66. The van der Waals surface area contributed by atoms with Gasteiger partial charge in [-0.2, -0.15) is 0 Å². The smallest absolute Gasteiger partial charge is 0.255 e. The van der Waals surface area contributed by atoms with E-state index in [0.29, 0.717) is 29.9 Å². The summed E-state index contributed by atoms with van der Waals surface area (Å²) in [6.07, 6.45) is 0. The number of halogens is 1. The maximum atomic E-state index is 12.4. The van der Waals surface area contributed by atoms with E-state index < -0.39 is 21.1 Å². The average Bonchev–Trinajstić information content (AvgIpc) is 3.13. The minimum atomic E-state index is -3.69. The number of rotatable bonds is 5. The van der Waals surface area contributed by atoms with Crippen LogP contribution in [0, 0.1) is 11.8 Å². The number of benzene rings is 1. The Morgan fingerprint density at radius 3 is 2.24 bits per heavy atom. The monoisotopic (exact) mass is 386 g/mol. The lowest BCUT2D eigenvalue weighted by atomic mass is 10.0. The van der Waals surface area contributed by atoms with Gasteiger partial charge in [-0.05, 0) is 24.3 Å². The van der Waals surface area contributed by atoms with Crippen LogP contribution in [-0.4, -0.2) is 63.1 Å². The Kier molecular flexibility index (Phi) is 5.24. The van der Waals surface area contributed by atoms with Gasteiger partial charge in [0.25, 0.3) is 5.91 Å². The summed E-state index contributed by atoms with van der Waals surface area (Å²) in [5.41, 5.74) is 12.1. The van der Waals surface area contributed by atoms with Gasteiger partial charge < -0.3 is 21.3 Å². The first-order chi connectivity index (χ1) is 11.8. The molecule has 2 heterocycles. The molecule has 2 fully saturated rings. The van der Waals surface area contributed by atoms with Gasteiger partial charge in [-0.1, -0.05) is 11.6 Å². The van der Waals surface area contributed by atoms with E-state index in [9.17, 15) is 13.2 Å². The van der Waals surface area contributed by atoms with Crippen LogP contribution in [-0.2, 0) is 14.6 Å². The van der Waals surface area contributed by atoms with Gasteiger partial charge in [0.1, 0.15) is 0 Å². The molecular formula is C16H23ClN4O3S. The van der Waals surface area contributed by atoms with Crippen molar-refractivity contribution in [1.82, 2.24) is 4.90 Å². The Morgan fingerprint density at radius 1 is 1.16 bits per heavy atom. The summed E-state index contributed by atoms with van der Waals surface area (Å²) in [4.78, 5) is 16.3. The maximum absolute atomic E-state index is 12.4. The van der Waals surface area contributed by atoms with Gasteiger partial charge in [0.05, 0.1) is 5.75 Å². The Bertz CT molecular complexity index is 726. The summed E-state index contributed by atoms with van der Waals surface area (Å²) >= 11 is 5.93. The quantitative estimate of drug-likeness (QED) is 0.730.